The minimum atomic E-state index is -0.305. The average Bonchev–Trinajstić information content (AvgIpc) is 2.88. The maximum absolute atomic E-state index is 13.1. The van der Waals surface area contributed by atoms with Gasteiger partial charge in [-0.2, -0.15) is 0 Å². The SMILES string of the molecule is CCCNC(Cc1cncs1)c1ccc(F)cc1Cl. The lowest BCUT2D eigenvalue weighted by Gasteiger charge is -2.19. The van der Waals surface area contributed by atoms with E-state index < -0.39 is 0 Å². The highest BCUT2D eigenvalue weighted by atomic mass is 35.5. The minimum absolute atomic E-state index is 0.0912. The van der Waals surface area contributed by atoms with E-state index in [4.69, 9.17) is 11.6 Å². The quantitative estimate of drug-likeness (QED) is 0.864. The van der Waals surface area contributed by atoms with Crippen LogP contribution in [0.25, 0.3) is 0 Å². The fourth-order valence-electron chi connectivity index (χ4n) is 1.94. The third kappa shape index (κ3) is 4.00. The fraction of sp³-hybridized carbons (Fsp3) is 0.357. The molecule has 0 saturated heterocycles. The van der Waals surface area contributed by atoms with Crippen LogP contribution >= 0.6 is 22.9 Å². The van der Waals surface area contributed by atoms with Crippen LogP contribution in [-0.2, 0) is 6.42 Å². The van der Waals surface area contributed by atoms with E-state index in [0.717, 1.165) is 24.9 Å². The molecule has 1 unspecified atom stereocenters. The topological polar surface area (TPSA) is 24.9 Å². The number of rotatable bonds is 6. The largest absolute Gasteiger partial charge is 0.310 e. The van der Waals surface area contributed by atoms with Crippen molar-refractivity contribution in [2.24, 2.45) is 0 Å². The molecule has 0 saturated carbocycles. The van der Waals surface area contributed by atoms with Gasteiger partial charge in [-0.25, -0.2) is 4.39 Å². The molecule has 0 spiro atoms. The molecule has 5 heteroatoms. The number of hydrogen-bond donors (Lipinski definition) is 1. The molecular weight excluding hydrogens is 283 g/mol. The van der Waals surface area contributed by atoms with E-state index >= 15 is 0 Å². The summed E-state index contributed by atoms with van der Waals surface area (Å²) in [5.74, 6) is -0.305. The predicted molar refractivity (Wildman–Crippen MR) is 78.3 cm³/mol. The van der Waals surface area contributed by atoms with E-state index in [1.807, 2.05) is 11.7 Å². The van der Waals surface area contributed by atoms with Crippen molar-refractivity contribution in [1.82, 2.24) is 10.3 Å². The number of halogens is 2. The van der Waals surface area contributed by atoms with Crippen LogP contribution in [0, 0.1) is 5.82 Å². The maximum Gasteiger partial charge on any atom is 0.124 e. The molecule has 0 amide bonds. The fourth-order valence-corrected chi connectivity index (χ4v) is 2.88. The van der Waals surface area contributed by atoms with Crippen LogP contribution in [0.4, 0.5) is 4.39 Å². The molecule has 1 aromatic heterocycles. The summed E-state index contributed by atoms with van der Waals surface area (Å²) in [5.41, 5.74) is 2.75. The third-order valence-corrected chi connectivity index (χ3v) is 4.00. The van der Waals surface area contributed by atoms with Crippen LogP contribution in [0.3, 0.4) is 0 Å². The van der Waals surface area contributed by atoms with E-state index in [0.29, 0.717) is 5.02 Å². The molecule has 1 aromatic carbocycles. The summed E-state index contributed by atoms with van der Waals surface area (Å²) in [5, 5.41) is 3.93. The number of aromatic nitrogens is 1. The Hall–Kier alpha value is -0.970. The molecule has 0 aliphatic heterocycles. The van der Waals surface area contributed by atoms with Crippen molar-refractivity contribution < 1.29 is 4.39 Å². The van der Waals surface area contributed by atoms with Crippen LogP contribution in [0.5, 0.6) is 0 Å². The number of hydrogen-bond acceptors (Lipinski definition) is 3. The summed E-state index contributed by atoms with van der Waals surface area (Å²) in [6, 6.07) is 4.67. The third-order valence-electron chi connectivity index (χ3n) is 2.87. The molecule has 0 aliphatic rings. The zero-order valence-electron chi connectivity index (χ0n) is 10.7. The van der Waals surface area contributed by atoms with Crippen LogP contribution in [-0.4, -0.2) is 11.5 Å². The Bertz CT molecular complexity index is 516. The summed E-state index contributed by atoms with van der Waals surface area (Å²) >= 11 is 7.77. The van der Waals surface area contributed by atoms with Gasteiger partial charge < -0.3 is 5.32 Å². The minimum Gasteiger partial charge on any atom is -0.310 e. The first-order valence-corrected chi connectivity index (χ1v) is 7.52. The van der Waals surface area contributed by atoms with Gasteiger partial charge in [0.25, 0.3) is 0 Å². The van der Waals surface area contributed by atoms with Crippen molar-refractivity contribution >= 4 is 22.9 Å². The molecule has 102 valence electrons. The van der Waals surface area contributed by atoms with Crippen LogP contribution in [0.1, 0.15) is 29.8 Å². The summed E-state index contributed by atoms with van der Waals surface area (Å²) in [6.45, 7) is 3.01. The number of nitrogens with one attached hydrogen (secondary N) is 1. The van der Waals surface area contributed by atoms with Gasteiger partial charge >= 0.3 is 0 Å². The lowest BCUT2D eigenvalue weighted by molar-refractivity contribution is 0.530. The van der Waals surface area contributed by atoms with E-state index in [2.05, 4.69) is 17.2 Å². The second-order valence-corrected chi connectivity index (χ2v) is 5.72. The van der Waals surface area contributed by atoms with Crippen molar-refractivity contribution in [2.45, 2.75) is 25.8 Å². The van der Waals surface area contributed by atoms with Crippen molar-refractivity contribution in [2.75, 3.05) is 6.54 Å². The van der Waals surface area contributed by atoms with E-state index in [1.54, 1.807) is 17.4 Å². The lowest BCUT2D eigenvalue weighted by Crippen LogP contribution is -2.24. The first kappa shape index (κ1) is 14.4. The first-order chi connectivity index (χ1) is 9.20. The lowest BCUT2D eigenvalue weighted by atomic mass is 10.0. The molecule has 1 N–H and O–H groups in total. The Morgan fingerprint density at radius 3 is 2.95 bits per heavy atom. The Morgan fingerprint density at radius 2 is 2.32 bits per heavy atom. The Balaban J connectivity index is 2.20. The highest BCUT2D eigenvalue weighted by Crippen LogP contribution is 2.27. The number of benzene rings is 1. The standard InChI is InChI=1S/C14H16ClFN2S/c1-2-5-18-14(7-11-8-17-9-19-11)12-4-3-10(16)6-13(12)15/h3-4,6,8-9,14,18H,2,5,7H2,1H3. The molecule has 0 bridgehead atoms. The normalized spacial score (nSPS) is 12.6. The van der Waals surface area contributed by atoms with E-state index in [1.165, 1.54) is 17.0 Å². The first-order valence-electron chi connectivity index (χ1n) is 6.26. The monoisotopic (exact) mass is 298 g/mol. The van der Waals surface area contributed by atoms with Gasteiger partial charge in [0.2, 0.25) is 0 Å². The molecule has 0 aliphatic carbocycles. The molecule has 19 heavy (non-hydrogen) atoms. The molecule has 0 fully saturated rings. The highest BCUT2D eigenvalue weighted by molar-refractivity contribution is 7.09. The van der Waals surface area contributed by atoms with Gasteiger partial charge in [0, 0.05) is 28.6 Å². The van der Waals surface area contributed by atoms with Gasteiger partial charge in [-0.05, 0) is 30.7 Å². The Labute approximate surface area is 121 Å². The second kappa shape index (κ2) is 6.98. The van der Waals surface area contributed by atoms with Gasteiger partial charge in [-0.3, -0.25) is 4.98 Å². The average molecular weight is 299 g/mol. The summed E-state index contributed by atoms with van der Waals surface area (Å²) < 4.78 is 13.1. The highest BCUT2D eigenvalue weighted by Gasteiger charge is 2.16. The van der Waals surface area contributed by atoms with Gasteiger partial charge in [0.05, 0.1) is 5.51 Å². The van der Waals surface area contributed by atoms with Crippen molar-refractivity contribution in [1.29, 1.82) is 0 Å². The second-order valence-electron chi connectivity index (χ2n) is 4.34. The van der Waals surface area contributed by atoms with Crippen LogP contribution in [0.15, 0.2) is 29.9 Å². The van der Waals surface area contributed by atoms with Crippen molar-refractivity contribution in [3.05, 3.63) is 51.2 Å². The van der Waals surface area contributed by atoms with Crippen LogP contribution < -0.4 is 5.32 Å². The van der Waals surface area contributed by atoms with Gasteiger partial charge in [0.15, 0.2) is 0 Å². The van der Waals surface area contributed by atoms with Gasteiger partial charge in [-0.1, -0.05) is 24.6 Å². The summed E-state index contributed by atoms with van der Waals surface area (Å²) in [6.07, 6.45) is 3.72. The summed E-state index contributed by atoms with van der Waals surface area (Å²) in [7, 11) is 0. The zero-order chi connectivity index (χ0) is 13.7. The van der Waals surface area contributed by atoms with E-state index in [-0.39, 0.29) is 11.9 Å². The van der Waals surface area contributed by atoms with Gasteiger partial charge in [0.1, 0.15) is 5.82 Å². The molecule has 1 atom stereocenters. The Morgan fingerprint density at radius 1 is 1.47 bits per heavy atom. The molecule has 2 nitrogen and oxygen atoms in total. The van der Waals surface area contributed by atoms with E-state index in [9.17, 15) is 4.39 Å². The summed E-state index contributed by atoms with van der Waals surface area (Å²) in [4.78, 5) is 5.27. The molecular formula is C14H16ClFN2S. The molecule has 0 radical (unpaired) electrons. The maximum atomic E-state index is 13.1. The van der Waals surface area contributed by atoms with Crippen molar-refractivity contribution in [3.63, 3.8) is 0 Å². The predicted octanol–water partition coefficient (Wildman–Crippen LogP) is 4.22. The number of nitrogens with zero attached hydrogens (tertiary/aromatic N) is 1. The molecule has 2 rings (SSSR count). The smallest absolute Gasteiger partial charge is 0.124 e. The Kier molecular flexibility index (Phi) is 5.31. The zero-order valence-corrected chi connectivity index (χ0v) is 12.3. The van der Waals surface area contributed by atoms with Gasteiger partial charge in [-0.15, -0.1) is 11.3 Å². The van der Waals surface area contributed by atoms with Crippen LogP contribution in [0.2, 0.25) is 5.02 Å². The number of thiazole rings is 1. The molecule has 2 aromatic rings. The van der Waals surface area contributed by atoms with Crippen molar-refractivity contribution in [3.8, 4) is 0 Å². The molecule has 1 heterocycles.